The molecule has 1 aliphatic heterocycles. The van der Waals surface area contributed by atoms with Crippen molar-refractivity contribution in [1.82, 2.24) is 4.31 Å². The first kappa shape index (κ1) is 16.5. The Hall–Kier alpha value is -0.910. The second-order valence-corrected chi connectivity index (χ2v) is 7.91. The number of rotatable bonds is 5. The molecule has 0 aliphatic carbocycles. The standard InChI is InChI=1S/C16H26N2O2S/c1-14-4-3-12-18(13-10-14)21(19,20)16-8-6-15(7-9-16)5-2-11-17/h6-9,14H,2-5,10-13,17H2,1H3. The minimum atomic E-state index is -3.34. The van der Waals surface area contributed by atoms with Crippen LogP contribution in [0.4, 0.5) is 0 Å². The zero-order chi connectivity index (χ0) is 15.3. The van der Waals surface area contributed by atoms with E-state index in [1.165, 1.54) is 0 Å². The lowest BCUT2D eigenvalue weighted by Gasteiger charge is -2.20. The van der Waals surface area contributed by atoms with E-state index in [1.54, 1.807) is 16.4 Å². The Kier molecular flexibility index (Phi) is 5.79. The van der Waals surface area contributed by atoms with Gasteiger partial charge in [-0.3, -0.25) is 0 Å². The average molecular weight is 310 g/mol. The summed E-state index contributed by atoms with van der Waals surface area (Å²) in [4.78, 5) is 0.411. The van der Waals surface area contributed by atoms with Crippen molar-refractivity contribution < 1.29 is 8.42 Å². The Labute approximate surface area is 128 Å². The van der Waals surface area contributed by atoms with Gasteiger partial charge in [0.1, 0.15) is 0 Å². The van der Waals surface area contributed by atoms with Gasteiger partial charge in [0.2, 0.25) is 10.0 Å². The van der Waals surface area contributed by atoms with Crippen molar-refractivity contribution in [2.45, 2.75) is 43.9 Å². The van der Waals surface area contributed by atoms with E-state index in [0.29, 0.717) is 30.4 Å². The largest absolute Gasteiger partial charge is 0.330 e. The maximum absolute atomic E-state index is 12.7. The monoisotopic (exact) mass is 310 g/mol. The molecule has 21 heavy (non-hydrogen) atoms. The summed E-state index contributed by atoms with van der Waals surface area (Å²) in [6.07, 6.45) is 4.85. The molecule has 1 aromatic rings. The van der Waals surface area contributed by atoms with Gasteiger partial charge in [-0.25, -0.2) is 8.42 Å². The zero-order valence-corrected chi connectivity index (χ0v) is 13.6. The molecule has 4 nitrogen and oxygen atoms in total. The number of sulfonamides is 1. The Morgan fingerprint density at radius 1 is 1.19 bits per heavy atom. The molecule has 1 fully saturated rings. The molecule has 118 valence electrons. The first-order valence-corrected chi connectivity index (χ1v) is 9.27. The fraction of sp³-hybridized carbons (Fsp3) is 0.625. The van der Waals surface area contributed by atoms with Crippen LogP contribution in [-0.2, 0) is 16.4 Å². The van der Waals surface area contributed by atoms with Crippen LogP contribution >= 0.6 is 0 Å². The van der Waals surface area contributed by atoms with Crippen LogP contribution in [0.5, 0.6) is 0 Å². The van der Waals surface area contributed by atoms with Crippen LogP contribution in [0.25, 0.3) is 0 Å². The molecule has 1 aromatic carbocycles. The maximum Gasteiger partial charge on any atom is 0.243 e. The van der Waals surface area contributed by atoms with Gasteiger partial charge in [0, 0.05) is 13.1 Å². The van der Waals surface area contributed by atoms with E-state index >= 15 is 0 Å². The molecule has 2 N–H and O–H groups in total. The minimum absolute atomic E-state index is 0.411. The van der Waals surface area contributed by atoms with E-state index in [4.69, 9.17) is 5.73 Å². The Morgan fingerprint density at radius 3 is 2.57 bits per heavy atom. The van der Waals surface area contributed by atoms with E-state index in [2.05, 4.69) is 6.92 Å². The molecule has 0 amide bonds. The van der Waals surface area contributed by atoms with Gasteiger partial charge >= 0.3 is 0 Å². The predicted molar refractivity (Wildman–Crippen MR) is 85.6 cm³/mol. The summed E-state index contributed by atoms with van der Waals surface area (Å²) in [5.74, 6) is 0.615. The smallest absolute Gasteiger partial charge is 0.243 e. The summed E-state index contributed by atoms with van der Waals surface area (Å²) in [5.41, 5.74) is 6.64. The summed E-state index contributed by atoms with van der Waals surface area (Å²) >= 11 is 0. The molecule has 1 heterocycles. The molecule has 1 unspecified atom stereocenters. The second kappa shape index (κ2) is 7.38. The Bertz CT molecular complexity index is 540. The third kappa shape index (κ3) is 4.28. The van der Waals surface area contributed by atoms with Crippen molar-refractivity contribution in [3.63, 3.8) is 0 Å². The first-order valence-electron chi connectivity index (χ1n) is 7.83. The van der Waals surface area contributed by atoms with Gasteiger partial charge in [-0.1, -0.05) is 19.1 Å². The predicted octanol–water partition coefficient (Wildman–Crippen LogP) is 2.39. The van der Waals surface area contributed by atoms with Crippen LogP contribution < -0.4 is 5.73 Å². The molecule has 0 bridgehead atoms. The molecule has 0 saturated carbocycles. The molecule has 1 saturated heterocycles. The lowest BCUT2D eigenvalue weighted by Crippen LogP contribution is -2.32. The lowest BCUT2D eigenvalue weighted by atomic mass is 10.0. The van der Waals surface area contributed by atoms with Gasteiger partial charge in [0.15, 0.2) is 0 Å². The third-order valence-corrected chi connectivity index (χ3v) is 6.12. The molecular formula is C16H26N2O2S. The fourth-order valence-electron chi connectivity index (χ4n) is 2.76. The first-order chi connectivity index (χ1) is 10.0. The molecule has 5 heteroatoms. The maximum atomic E-state index is 12.7. The van der Waals surface area contributed by atoms with Crippen LogP contribution in [0, 0.1) is 5.92 Å². The number of nitrogens with two attached hydrogens (primary N) is 1. The summed E-state index contributed by atoms with van der Waals surface area (Å²) in [6.45, 7) is 4.13. The molecule has 1 atom stereocenters. The SMILES string of the molecule is CC1CCCN(S(=O)(=O)c2ccc(CCCN)cc2)CC1. The van der Waals surface area contributed by atoms with Gasteiger partial charge in [0.05, 0.1) is 4.90 Å². The highest BCUT2D eigenvalue weighted by Crippen LogP contribution is 2.23. The summed E-state index contributed by atoms with van der Waals surface area (Å²) in [5, 5.41) is 0. The highest BCUT2D eigenvalue weighted by Gasteiger charge is 2.26. The molecular weight excluding hydrogens is 284 g/mol. The summed E-state index contributed by atoms with van der Waals surface area (Å²) in [7, 11) is -3.34. The quantitative estimate of drug-likeness (QED) is 0.908. The van der Waals surface area contributed by atoms with Crippen molar-refractivity contribution in [2.24, 2.45) is 11.7 Å². The third-order valence-electron chi connectivity index (χ3n) is 4.21. The van der Waals surface area contributed by atoms with E-state index in [-0.39, 0.29) is 0 Å². The van der Waals surface area contributed by atoms with E-state index in [0.717, 1.165) is 37.7 Å². The highest BCUT2D eigenvalue weighted by atomic mass is 32.2. The van der Waals surface area contributed by atoms with Gasteiger partial charge in [-0.2, -0.15) is 4.31 Å². The van der Waals surface area contributed by atoms with Crippen molar-refractivity contribution in [2.75, 3.05) is 19.6 Å². The van der Waals surface area contributed by atoms with Crippen molar-refractivity contribution in [3.05, 3.63) is 29.8 Å². The minimum Gasteiger partial charge on any atom is -0.330 e. The molecule has 0 aromatic heterocycles. The Morgan fingerprint density at radius 2 is 1.90 bits per heavy atom. The van der Waals surface area contributed by atoms with Gasteiger partial charge in [-0.15, -0.1) is 0 Å². The number of nitrogens with zero attached hydrogens (tertiary/aromatic N) is 1. The molecule has 1 aliphatic rings. The van der Waals surface area contributed by atoms with Gasteiger partial charge in [-0.05, 0) is 62.3 Å². The van der Waals surface area contributed by atoms with Gasteiger partial charge in [0.25, 0.3) is 0 Å². The van der Waals surface area contributed by atoms with Gasteiger partial charge < -0.3 is 5.73 Å². The van der Waals surface area contributed by atoms with Crippen LogP contribution in [0.3, 0.4) is 0 Å². The number of aryl methyl sites for hydroxylation is 1. The fourth-order valence-corrected chi connectivity index (χ4v) is 4.25. The van der Waals surface area contributed by atoms with Crippen molar-refractivity contribution >= 4 is 10.0 Å². The van der Waals surface area contributed by atoms with E-state index in [1.807, 2.05) is 12.1 Å². The number of benzene rings is 1. The average Bonchev–Trinajstić information content (AvgIpc) is 2.70. The highest BCUT2D eigenvalue weighted by molar-refractivity contribution is 7.89. The van der Waals surface area contributed by atoms with Crippen LogP contribution in [-0.4, -0.2) is 32.4 Å². The van der Waals surface area contributed by atoms with E-state index in [9.17, 15) is 8.42 Å². The van der Waals surface area contributed by atoms with Crippen molar-refractivity contribution in [3.8, 4) is 0 Å². The second-order valence-electron chi connectivity index (χ2n) is 5.98. The van der Waals surface area contributed by atoms with Crippen LogP contribution in [0.15, 0.2) is 29.2 Å². The molecule has 0 radical (unpaired) electrons. The van der Waals surface area contributed by atoms with E-state index < -0.39 is 10.0 Å². The summed E-state index contributed by atoms with van der Waals surface area (Å²) in [6, 6.07) is 7.27. The van der Waals surface area contributed by atoms with Crippen LogP contribution in [0.2, 0.25) is 0 Å². The molecule has 2 rings (SSSR count). The zero-order valence-electron chi connectivity index (χ0n) is 12.8. The van der Waals surface area contributed by atoms with Crippen molar-refractivity contribution in [1.29, 1.82) is 0 Å². The summed E-state index contributed by atoms with van der Waals surface area (Å²) < 4.78 is 27.0. The molecule has 0 spiro atoms. The Balaban J connectivity index is 2.11. The number of hydrogen-bond donors (Lipinski definition) is 1. The lowest BCUT2D eigenvalue weighted by molar-refractivity contribution is 0.417. The topological polar surface area (TPSA) is 63.4 Å². The normalized spacial score (nSPS) is 21.1. The van der Waals surface area contributed by atoms with Crippen LogP contribution in [0.1, 0.15) is 38.2 Å². The number of hydrogen-bond acceptors (Lipinski definition) is 3.